The van der Waals surface area contributed by atoms with Gasteiger partial charge in [-0.25, -0.2) is 0 Å². The van der Waals surface area contributed by atoms with E-state index >= 15 is 0 Å². The average Bonchev–Trinajstić information content (AvgIpc) is 2.33. The molecule has 0 atom stereocenters. The van der Waals surface area contributed by atoms with Gasteiger partial charge in [-0.1, -0.05) is 37.8 Å². The number of rotatable bonds is 7. The van der Waals surface area contributed by atoms with Crippen molar-refractivity contribution < 1.29 is 19.8 Å². The summed E-state index contributed by atoms with van der Waals surface area (Å²) < 4.78 is 0. The molecule has 116 valence electrons. The quantitative estimate of drug-likeness (QED) is 0.537. The third kappa shape index (κ3) is 16.7. The van der Waals surface area contributed by atoms with Crippen LogP contribution in [0.4, 0.5) is 0 Å². The van der Waals surface area contributed by atoms with E-state index in [1.165, 1.54) is 38.5 Å². The zero-order chi connectivity index (χ0) is 15.1. The topological polar surface area (TPSA) is 74.6 Å². The van der Waals surface area contributed by atoms with Gasteiger partial charge in [0.2, 0.25) is 0 Å². The number of allylic oxidation sites excluding steroid dienone is 2. The third-order valence-electron chi connectivity index (χ3n) is 3.19. The van der Waals surface area contributed by atoms with E-state index in [1.54, 1.807) is 0 Å². The molecule has 0 spiro atoms. The summed E-state index contributed by atoms with van der Waals surface area (Å²) in [5.74, 6) is -1.57. The molecular formula is C16H28O4. The van der Waals surface area contributed by atoms with Gasteiger partial charge in [0.05, 0.1) is 0 Å². The molecule has 1 aliphatic carbocycles. The minimum Gasteiger partial charge on any atom is -0.481 e. The Hall–Kier alpha value is -1.32. The second-order valence-corrected chi connectivity index (χ2v) is 5.16. The first-order chi connectivity index (χ1) is 9.63. The summed E-state index contributed by atoms with van der Waals surface area (Å²) in [6.45, 7) is 0. The van der Waals surface area contributed by atoms with Crippen molar-refractivity contribution in [1.82, 2.24) is 0 Å². The van der Waals surface area contributed by atoms with Crippen LogP contribution in [-0.2, 0) is 9.59 Å². The van der Waals surface area contributed by atoms with Crippen LogP contribution in [0.15, 0.2) is 12.2 Å². The molecule has 0 radical (unpaired) electrons. The Morgan fingerprint density at radius 3 is 1.45 bits per heavy atom. The van der Waals surface area contributed by atoms with Gasteiger partial charge >= 0.3 is 11.9 Å². The highest BCUT2D eigenvalue weighted by Crippen LogP contribution is 2.09. The molecule has 0 heterocycles. The van der Waals surface area contributed by atoms with Crippen molar-refractivity contribution in [2.24, 2.45) is 0 Å². The molecule has 0 amide bonds. The molecule has 0 aliphatic heterocycles. The SMILES string of the molecule is C1=C\CCCCCC/1.O=C(O)CCCCCCC(=O)O. The van der Waals surface area contributed by atoms with Crippen molar-refractivity contribution in [3.63, 3.8) is 0 Å². The first-order valence-corrected chi connectivity index (χ1v) is 7.71. The highest BCUT2D eigenvalue weighted by molar-refractivity contribution is 5.66. The summed E-state index contributed by atoms with van der Waals surface area (Å²) >= 11 is 0. The van der Waals surface area contributed by atoms with Crippen LogP contribution in [0.1, 0.15) is 77.0 Å². The van der Waals surface area contributed by atoms with E-state index in [2.05, 4.69) is 12.2 Å². The number of carboxylic acids is 2. The van der Waals surface area contributed by atoms with E-state index in [0.29, 0.717) is 12.8 Å². The lowest BCUT2D eigenvalue weighted by molar-refractivity contribution is -0.138. The fourth-order valence-electron chi connectivity index (χ4n) is 2.02. The summed E-state index contributed by atoms with van der Waals surface area (Å²) in [4.78, 5) is 20.1. The Bertz CT molecular complexity index is 256. The van der Waals surface area contributed by atoms with Gasteiger partial charge in [-0.2, -0.15) is 0 Å². The number of carbonyl (C=O) groups is 2. The smallest absolute Gasteiger partial charge is 0.303 e. The Balaban J connectivity index is 0.000000388. The summed E-state index contributed by atoms with van der Waals surface area (Å²) in [6, 6.07) is 0. The van der Waals surface area contributed by atoms with Crippen molar-refractivity contribution in [2.75, 3.05) is 0 Å². The van der Waals surface area contributed by atoms with Crippen LogP contribution < -0.4 is 0 Å². The van der Waals surface area contributed by atoms with Gasteiger partial charge in [0.25, 0.3) is 0 Å². The molecule has 4 heteroatoms. The molecule has 20 heavy (non-hydrogen) atoms. The zero-order valence-corrected chi connectivity index (χ0v) is 12.4. The van der Waals surface area contributed by atoms with Crippen LogP contribution in [0.2, 0.25) is 0 Å². The van der Waals surface area contributed by atoms with E-state index in [0.717, 1.165) is 12.8 Å². The van der Waals surface area contributed by atoms with Crippen LogP contribution in [-0.4, -0.2) is 22.2 Å². The molecule has 0 saturated carbocycles. The van der Waals surface area contributed by atoms with Gasteiger partial charge in [-0.3, -0.25) is 9.59 Å². The number of hydrogen-bond acceptors (Lipinski definition) is 2. The number of aliphatic carboxylic acids is 2. The third-order valence-corrected chi connectivity index (χ3v) is 3.19. The number of unbranched alkanes of at least 4 members (excludes halogenated alkanes) is 3. The predicted molar refractivity (Wildman–Crippen MR) is 79.8 cm³/mol. The Morgan fingerprint density at radius 2 is 1.10 bits per heavy atom. The Kier molecular flexibility index (Phi) is 13.2. The summed E-state index contributed by atoms with van der Waals surface area (Å²) in [6.07, 6.45) is 16.3. The number of carboxylic acid groups (broad SMARTS) is 2. The van der Waals surface area contributed by atoms with E-state index in [9.17, 15) is 9.59 Å². The van der Waals surface area contributed by atoms with Gasteiger partial charge in [0.15, 0.2) is 0 Å². The minimum atomic E-state index is -0.784. The Morgan fingerprint density at radius 1 is 0.700 bits per heavy atom. The van der Waals surface area contributed by atoms with Crippen molar-refractivity contribution in [2.45, 2.75) is 77.0 Å². The summed E-state index contributed by atoms with van der Waals surface area (Å²) in [5.41, 5.74) is 0. The first-order valence-electron chi connectivity index (χ1n) is 7.71. The molecule has 2 N–H and O–H groups in total. The van der Waals surface area contributed by atoms with Gasteiger partial charge in [-0.05, 0) is 38.5 Å². The zero-order valence-electron chi connectivity index (χ0n) is 12.4. The van der Waals surface area contributed by atoms with E-state index in [-0.39, 0.29) is 12.8 Å². The summed E-state index contributed by atoms with van der Waals surface area (Å²) in [5, 5.41) is 16.5. The molecule has 0 aromatic rings. The van der Waals surface area contributed by atoms with Gasteiger partial charge in [-0.15, -0.1) is 0 Å². The maximum absolute atomic E-state index is 10.0. The fourth-order valence-corrected chi connectivity index (χ4v) is 2.02. The lowest BCUT2D eigenvalue weighted by Gasteiger charge is -2.00. The van der Waals surface area contributed by atoms with Crippen molar-refractivity contribution in [3.05, 3.63) is 12.2 Å². The van der Waals surface area contributed by atoms with Gasteiger partial charge in [0.1, 0.15) is 0 Å². The Labute approximate surface area is 121 Å². The van der Waals surface area contributed by atoms with Crippen LogP contribution in [0, 0.1) is 0 Å². The second kappa shape index (κ2) is 14.1. The lowest BCUT2D eigenvalue weighted by atomic mass is 10.1. The molecule has 0 aromatic carbocycles. The molecule has 0 bridgehead atoms. The summed E-state index contributed by atoms with van der Waals surface area (Å²) in [7, 11) is 0. The maximum Gasteiger partial charge on any atom is 0.303 e. The van der Waals surface area contributed by atoms with E-state index in [1.807, 2.05) is 0 Å². The van der Waals surface area contributed by atoms with Crippen LogP contribution >= 0.6 is 0 Å². The molecular weight excluding hydrogens is 256 g/mol. The first kappa shape index (κ1) is 18.7. The molecule has 0 saturated heterocycles. The molecule has 4 nitrogen and oxygen atoms in total. The predicted octanol–water partition coefficient (Wildman–Crippen LogP) is 4.39. The van der Waals surface area contributed by atoms with Crippen molar-refractivity contribution >= 4 is 11.9 Å². The standard InChI is InChI=1S/C8H14O4.C8H14/c9-7(10)5-3-1-2-4-6-8(11)12;1-2-4-6-8-7-5-3-1/h1-6H2,(H,9,10)(H,11,12);1-2H,3-8H2/b;2-1-. The molecule has 0 fully saturated rings. The highest BCUT2D eigenvalue weighted by Gasteiger charge is 1.98. The molecule has 0 unspecified atom stereocenters. The normalized spacial score (nSPS) is 16.2. The van der Waals surface area contributed by atoms with E-state index < -0.39 is 11.9 Å². The second-order valence-electron chi connectivity index (χ2n) is 5.16. The van der Waals surface area contributed by atoms with Crippen LogP contribution in [0.25, 0.3) is 0 Å². The number of hydrogen-bond donors (Lipinski definition) is 2. The van der Waals surface area contributed by atoms with Crippen LogP contribution in [0.5, 0.6) is 0 Å². The lowest BCUT2D eigenvalue weighted by Crippen LogP contribution is -1.95. The van der Waals surface area contributed by atoms with Gasteiger partial charge < -0.3 is 10.2 Å². The maximum atomic E-state index is 10.0. The monoisotopic (exact) mass is 284 g/mol. The average molecular weight is 284 g/mol. The van der Waals surface area contributed by atoms with Crippen molar-refractivity contribution in [1.29, 1.82) is 0 Å². The minimum absolute atomic E-state index is 0.188. The van der Waals surface area contributed by atoms with Crippen molar-refractivity contribution in [3.8, 4) is 0 Å². The fraction of sp³-hybridized carbons (Fsp3) is 0.750. The van der Waals surface area contributed by atoms with E-state index in [4.69, 9.17) is 10.2 Å². The van der Waals surface area contributed by atoms with Gasteiger partial charge in [0, 0.05) is 12.8 Å². The molecule has 0 aromatic heterocycles. The molecule has 1 rings (SSSR count). The molecule has 1 aliphatic rings. The van der Waals surface area contributed by atoms with Crippen LogP contribution in [0.3, 0.4) is 0 Å². The highest BCUT2D eigenvalue weighted by atomic mass is 16.4. The largest absolute Gasteiger partial charge is 0.481 e.